The Hall–Kier alpha value is -2.28. The molecule has 4 heteroatoms. The van der Waals surface area contributed by atoms with Crippen LogP contribution in [0.1, 0.15) is 24.8 Å². The van der Waals surface area contributed by atoms with E-state index in [9.17, 15) is 17.6 Å². The summed E-state index contributed by atoms with van der Waals surface area (Å²) in [5.41, 5.74) is -1.74. The second kappa shape index (κ2) is 6.32. The standard InChI is InChI=1S/C20H16F4/c1-2-13-7-9-20(24,18(22)12-13)10-8-14-3-5-16-15(11-14)4-6-17(21)19(16)23/h2-6,11,13,18H,1,7,9,12H2. The van der Waals surface area contributed by atoms with Crippen LogP contribution in [0.2, 0.25) is 0 Å². The molecule has 0 aromatic heterocycles. The van der Waals surface area contributed by atoms with Gasteiger partial charge in [0.05, 0.1) is 0 Å². The van der Waals surface area contributed by atoms with Gasteiger partial charge in [-0.25, -0.2) is 17.6 Å². The lowest BCUT2D eigenvalue weighted by molar-refractivity contribution is 0.0478. The van der Waals surface area contributed by atoms with Crippen LogP contribution < -0.4 is 0 Å². The Kier molecular flexibility index (Phi) is 4.36. The van der Waals surface area contributed by atoms with Gasteiger partial charge in [0, 0.05) is 10.9 Å². The fourth-order valence-corrected chi connectivity index (χ4v) is 3.00. The average Bonchev–Trinajstić information content (AvgIpc) is 2.59. The molecule has 0 bridgehead atoms. The molecule has 0 aliphatic heterocycles. The van der Waals surface area contributed by atoms with Crippen molar-refractivity contribution in [3.63, 3.8) is 0 Å². The topological polar surface area (TPSA) is 0 Å². The fraction of sp³-hybridized carbons (Fsp3) is 0.300. The van der Waals surface area contributed by atoms with Crippen LogP contribution in [0, 0.1) is 29.4 Å². The maximum atomic E-state index is 14.7. The van der Waals surface area contributed by atoms with E-state index in [2.05, 4.69) is 18.4 Å². The molecule has 3 rings (SSSR count). The van der Waals surface area contributed by atoms with Crippen LogP contribution in [-0.4, -0.2) is 11.8 Å². The van der Waals surface area contributed by atoms with Gasteiger partial charge >= 0.3 is 0 Å². The molecule has 0 heterocycles. The zero-order valence-corrected chi connectivity index (χ0v) is 13.0. The van der Waals surface area contributed by atoms with Crippen molar-refractivity contribution in [3.8, 4) is 11.8 Å². The summed E-state index contributed by atoms with van der Waals surface area (Å²) >= 11 is 0. The zero-order valence-electron chi connectivity index (χ0n) is 13.0. The third-order valence-electron chi connectivity index (χ3n) is 4.54. The Morgan fingerprint density at radius 3 is 2.71 bits per heavy atom. The molecule has 0 N–H and O–H groups in total. The number of benzene rings is 2. The first-order valence-electron chi connectivity index (χ1n) is 7.79. The van der Waals surface area contributed by atoms with Crippen molar-refractivity contribution in [2.45, 2.75) is 31.1 Å². The van der Waals surface area contributed by atoms with E-state index in [1.165, 1.54) is 24.3 Å². The van der Waals surface area contributed by atoms with Crippen molar-refractivity contribution in [1.82, 2.24) is 0 Å². The minimum absolute atomic E-state index is 0.0191. The van der Waals surface area contributed by atoms with Gasteiger partial charge in [-0.15, -0.1) is 6.58 Å². The maximum Gasteiger partial charge on any atom is 0.202 e. The summed E-state index contributed by atoms with van der Waals surface area (Å²) in [5.74, 6) is 3.16. The van der Waals surface area contributed by atoms with Crippen molar-refractivity contribution in [2.24, 2.45) is 5.92 Å². The highest BCUT2D eigenvalue weighted by Gasteiger charge is 2.42. The lowest BCUT2D eigenvalue weighted by Crippen LogP contribution is -2.39. The van der Waals surface area contributed by atoms with Crippen molar-refractivity contribution < 1.29 is 17.6 Å². The Labute approximate surface area is 138 Å². The van der Waals surface area contributed by atoms with Gasteiger partial charge in [0.15, 0.2) is 11.6 Å². The van der Waals surface area contributed by atoms with E-state index in [0.717, 1.165) is 6.07 Å². The van der Waals surface area contributed by atoms with E-state index in [-0.39, 0.29) is 24.1 Å². The molecular weight excluding hydrogens is 316 g/mol. The third-order valence-corrected chi connectivity index (χ3v) is 4.54. The van der Waals surface area contributed by atoms with E-state index in [4.69, 9.17) is 0 Å². The molecule has 1 aliphatic rings. The van der Waals surface area contributed by atoms with Gasteiger partial charge in [-0.05, 0) is 48.8 Å². The van der Waals surface area contributed by atoms with Gasteiger partial charge in [0.2, 0.25) is 5.67 Å². The largest absolute Gasteiger partial charge is 0.243 e. The number of fused-ring (bicyclic) bond motifs is 1. The maximum absolute atomic E-state index is 14.7. The molecule has 0 radical (unpaired) electrons. The summed E-state index contributed by atoms with van der Waals surface area (Å²) in [7, 11) is 0. The van der Waals surface area contributed by atoms with Gasteiger partial charge < -0.3 is 0 Å². The molecule has 24 heavy (non-hydrogen) atoms. The van der Waals surface area contributed by atoms with Crippen LogP contribution in [0.25, 0.3) is 10.8 Å². The van der Waals surface area contributed by atoms with E-state index in [1.54, 1.807) is 6.08 Å². The van der Waals surface area contributed by atoms with Gasteiger partial charge in [0.25, 0.3) is 0 Å². The summed E-state index contributed by atoms with van der Waals surface area (Å²) in [6, 6.07) is 6.86. The summed E-state index contributed by atoms with van der Waals surface area (Å²) < 4.78 is 55.7. The molecule has 1 aliphatic carbocycles. The molecule has 3 unspecified atom stereocenters. The van der Waals surface area contributed by atoms with Crippen LogP contribution in [-0.2, 0) is 0 Å². The van der Waals surface area contributed by atoms with Crippen LogP contribution in [0.15, 0.2) is 43.0 Å². The number of halogens is 4. The molecular formula is C20H16F4. The van der Waals surface area contributed by atoms with E-state index < -0.39 is 23.5 Å². The highest BCUT2D eigenvalue weighted by molar-refractivity contribution is 5.84. The molecule has 1 saturated carbocycles. The van der Waals surface area contributed by atoms with Crippen molar-refractivity contribution >= 4 is 10.8 Å². The highest BCUT2D eigenvalue weighted by atomic mass is 19.2. The first kappa shape index (κ1) is 16.6. The smallest absolute Gasteiger partial charge is 0.202 e. The summed E-state index contributed by atoms with van der Waals surface area (Å²) in [6.45, 7) is 3.62. The van der Waals surface area contributed by atoms with Crippen LogP contribution in [0.3, 0.4) is 0 Å². The molecule has 0 amide bonds. The van der Waals surface area contributed by atoms with Crippen LogP contribution in [0.5, 0.6) is 0 Å². The predicted molar refractivity (Wildman–Crippen MR) is 87.0 cm³/mol. The minimum Gasteiger partial charge on any atom is -0.243 e. The molecule has 0 nitrogen and oxygen atoms in total. The Morgan fingerprint density at radius 1 is 1.21 bits per heavy atom. The summed E-state index contributed by atoms with van der Waals surface area (Å²) in [6.07, 6.45) is 0.601. The monoisotopic (exact) mass is 332 g/mol. The molecule has 0 spiro atoms. The molecule has 3 atom stereocenters. The summed E-state index contributed by atoms with van der Waals surface area (Å²) in [4.78, 5) is 0. The van der Waals surface area contributed by atoms with Crippen LogP contribution in [0.4, 0.5) is 17.6 Å². The third kappa shape index (κ3) is 3.03. The van der Waals surface area contributed by atoms with Gasteiger partial charge in [-0.1, -0.05) is 30.0 Å². The van der Waals surface area contributed by atoms with E-state index in [0.29, 0.717) is 17.4 Å². The van der Waals surface area contributed by atoms with E-state index >= 15 is 0 Å². The SMILES string of the molecule is C=CC1CCC(F)(C#Cc2ccc3c(F)c(F)ccc3c2)C(F)C1. The second-order valence-corrected chi connectivity index (χ2v) is 6.15. The predicted octanol–water partition coefficient (Wildman–Crippen LogP) is 5.50. The first-order chi connectivity index (χ1) is 11.4. The van der Waals surface area contributed by atoms with E-state index in [1.807, 2.05) is 0 Å². The second-order valence-electron chi connectivity index (χ2n) is 6.15. The quantitative estimate of drug-likeness (QED) is 0.367. The Morgan fingerprint density at radius 2 is 2.00 bits per heavy atom. The fourth-order valence-electron chi connectivity index (χ4n) is 3.00. The minimum atomic E-state index is -2.18. The first-order valence-corrected chi connectivity index (χ1v) is 7.79. The molecule has 0 saturated heterocycles. The number of hydrogen-bond donors (Lipinski definition) is 0. The Balaban J connectivity index is 1.89. The van der Waals surface area contributed by atoms with Crippen LogP contribution >= 0.6 is 0 Å². The van der Waals surface area contributed by atoms with Crippen molar-refractivity contribution in [2.75, 3.05) is 0 Å². The average molecular weight is 332 g/mol. The lowest BCUT2D eigenvalue weighted by atomic mass is 9.79. The lowest BCUT2D eigenvalue weighted by Gasteiger charge is -2.32. The number of allylic oxidation sites excluding steroid dienone is 1. The Bertz CT molecular complexity index is 846. The number of alkyl halides is 2. The van der Waals surface area contributed by atoms with Gasteiger partial charge in [-0.2, -0.15) is 0 Å². The summed E-state index contributed by atoms with van der Waals surface area (Å²) in [5, 5.41) is 0.589. The molecule has 1 fully saturated rings. The van der Waals surface area contributed by atoms with Gasteiger partial charge in [0.1, 0.15) is 6.17 Å². The molecule has 2 aromatic rings. The highest BCUT2D eigenvalue weighted by Crippen LogP contribution is 2.37. The number of rotatable bonds is 1. The van der Waals surface area contributed by atoms with Gasteiger partial charge in [-0.3, -0.25) is 0 Å². The molecule has 124 valence electrons. The number of hydrogen-bond acceptors (Lipinski definition) is 0. The zero-order chi connectivity index (χ0) is 17.3. The van der Waals surface area contributed by atoms with Crippen molar-refractivity contribution in [3.05, 3.63) is 60.2 Å². The molecule has 2 aromatic carbocycles. The van der Waals surface area contributed by atoms with Crippen molar-refractivity contribution in [1.29, 1.82) is 0 Å². The normalized spacial score (nSPS) is 26.7.